The standard InChI is InChI=1S/C23H26N4O3/c1-14(2)30-22-10-16(7-8-24-22)20-12-25-15(3)27-23(20)29-13-17-9-19(17)21-6-5-18(28-4)11-26-21/h5-8,10-12,14,17,19H,9,13H2,1-4H3. The second-order valence-corrected chi connectivity index (χ2v) is 7.72. The Morgan fingerprint density at radius 2 is 1.97 bits per heavy atom. The molecule has 0 saturated heterocycles. The van der Waals surface area contributed by atoms with Gasteiger partial charge in [0.25, 0.3) is 0 Å². The molecule has 7 heteroatoms. The van der Waals surface area contributed by atoms with Gasteiger partial charge in [-0.2, -0.15) is 4.98 Å². The summed E-state index contributed by atoms with van der Waals surface area (Å²) in [6, 6.07) is 7.78. The highest BCUT2D eigenvalue weighted by atomic mass is 16.5. The Balaban J connectivity index is 1.47. The summed E-state index contributed by atoms with van der Waals surface area (Å²) in [5.41, 5.74) is 2.82. The molecular weight excluding hydrogens is 380 g/mol. The van der Waals surface area contributed by atoms with Crippen molar-refractivity contribution in [1.29, 1.82) is 0 Å². The molecule has 7 nitrogen and oxygen atoms in total. The summed E-state index contributed by atoms with van der Waals surface area (Å²) in [5.74, 6) is 3.43. The molecule has 3 aromatic heterocycles. The van der Waals surface area contributed by atoms with Crippen LogP contribution >= 0.6 is 0 Å². The molecule has 0 amide bonds. The van der Waals surface area contributed by atoms with Crippen LogP contribution in [0.1, 0.15) is 37.7 Å². The highest BCUT2D eigenvalue weighted by molar-refractivity contribution is 5.68. The maximum atomic E-state index is 6.15. The van der Waals surface area contributed by atoms with Crippen LogP contribution in [0, 0.1) is 12.8 Å². The first-order valence-electron chi connectivity index (χ1n) is 10.1. The Kier molecular flexibility index (Phi) is 5.79. The largest absolute Gasteiger partial charge is 0.495 e. The minimum atomic E-state index is 0.0519. The molecule has 1 fully saturated rings. The van der Waals surface area contributed by atoms with Gasteiger partial charge in [0.05, 0.1) is 31.6 Å². The first-order chi connectivity index (χ1) is 14.5. The second kappa shape index (κ2) is 8.65. The molecule has 0 aliphatic heterocycles. The fourth-order valence-corrected chi connectivity index (χ4v) is 3.35. The summed E-state index contributed by atoms with van der Waals surface area (Å²) >= 11 is 0. The van der Waals surface area contributed by atoms with Crippen LogP contribution in [0.5, 0.6) is 17.5 Å². The number of methoxy groups -OCH3 is 1. The predicted molar refractivity (Wildman–Crippen MR) is 113 cm³/mol. The first kappa shape index (κ1) is 20.1. The smallest absolute Gasteiger partial charge is 0.224 e. The Bertz CT molecular complexity index is 1010. The molecule has 2 unspecified atom stereocenters. The molecule has 4 rings (SSSR count). The summed E-state index contributed by atoms with van der Waals surface area (Å²) in [7, 11) is 1.65. The van der Waals surface area contributed by atoms with Gasteiger partial charge < -0.3 is 14.2 Å². The molecule has 1 aliphatic rings. The molecule has 2 atom stereocenters. The fourth-order valence-electron chi connectivity index (χ4n) is 3.35. The Labute approximate surface area is 176 Å². The van der Waals surface area contributed by atoms with Crippen molar-refractivity contribution >= 4 is 0 Å². The lowest BCUT2D eigenvalue weighted by atomic mass is 10.1. The van der Waals surface area contributed by atoms with E-state index in [0.717, 1.165) is 29.0 Å². The van der Waals surface area contributed by atoms with Crippen LogP contribution in [0.3, 0.4) is 0 Å². The van der Waals surface area contributed by atoms with E-state index in [1.807, 2.05) is 45.0 Å². The van der Waals surface area contributed by atoms with E-state index in [-0.39, 0.29) is 6.10 Å². The van der Waals surface area contributed by atoms with Gasteiger partial charge in [-0.05, 0) is 51.0 Å². The molecule has 3 heterocycles. The lowest BCUT2D eigenvalue weighted by Crippen LogP contribution is -2.07. The number of aryl methyl sites for hydroxylation is 1. The summed E-state index contributed by atoms with van der Waals surface area (Å²) in [5, 5.41) is 0. The number of aromatic nitrogens is 4. The highest BCUT2D eigenvalue weighted by Crippen LogP contribution is 2.47. The van der Waals surface area contributed by atoms with E-state index in [1.54, 1.807) is 25.7 Å². The van der Waals surface area contributed by atoms with Crippen LogP contribution in [0.2, 0.25) is 0 Å². The number of hydrogen-bond donors (Lipinski definition) is 0. The first-order valence-corrected chi connectivity index (χ1v) is 10.1. The lowest BCUT2D eigenvalue weighted by molar-refractivity contribution is 0.233. The molecule has 3 aromatic rings. The van der Waals surface area contributed by atoms with Crippen molar-refractivity contribution in [2.24, 2.45) is 5.92 Å². The SMILES string of the molecule is COc1ccc(C2CC2COc2nc(C)ncc2-c2ccnc(OC(C)C)c2)nc1. The normalized spacial score (nSPS) is 17.6. The number of ether oxygens (including phenoxy) is 3. The third-order valence-corrected chi connectivity index (χ3v) is 5.01. The van der Waals surface area contributed by atoms with E-state index in [4.69, 9.17) is 14.2 Å². The van der Waals surface area contributed by atoms with E-state index in [9.17, 15) is 0 Å². The quantitative estimate of drug-likeness (QED) is 0.554. The maximum Gasteiger partial charge on any atom is 0.224 e. The van der Waals surface area contributed by atoms with Gasteiger partial charge >= 0.3 is 0 Å². The third-order valence-electron chi connectivity index (χ3n) is 5.01. The summed E-state index contributed by atoms with van der Waals surface area (Å²) in [4.78, 5) is 17.7. The van der Waals surface area contributed by atoms with Crippen molar-refractivity contribution in [3.63, 3.8) is 0 Å². The van der Waals surface area contributed by atoms with Gasteiger partial charge in [0.15, 0.2) is 0 Å². The fraction of sp³-hybridized carbons (Fsp3) is 0.391. The van der Waals surface area contributed by atoms with Crippen LogP contribution in [0.4, 0.5) is 0 Å². The molecule has 0 N–H and O–H groups in total. The van der Waals surface area contributed by atoms with Crippen LogP contribution in [0.25, 0.3) is 11.1 Å². The van der Waals surface area contributed by atoms with Gasteiger partial charge in [-0.25, -0.2) is 9.97 Å². The summed E-state index contributed by atoms with van der Waals surface area (Å²) in [6.45, 7) is 6.39. The molecule has 0 radical (unpaired) electrons. The Morgan fingerprint density at radius 1 is 1.10 bits per heavy atom. The zero-order valence-corrected chi connectivity index (χ0v) is 17.7. The van der Waals surface area contributed by atoms with Crippen LogP contribution in [-0.4, -0.2) is 39.8 Å². The second-order valence-electron chi connectivity index (χ2n) is 7.72. The molecule has 0 aromatic carbocycles. The van der Waals surface area contributed by atoms with Gasteiger partial charge in [-0.3, -0.25) is 4.98 Å². The van der Waals surface area contributed by atoms with E-state index in [2.05, 4.69) is 19.9 Å². The van der Waals surface area contributed by atoms with Crippen LogP contribution in [0.15, 0.2) is 42.9 Å². The van der Waals surface area contributed by atoms with Crippen molar-refractivity contribution in [3.05, 3.63) is 54.4 Å². The Morgan fingerprint density at radius 3 is 2.70 bits per heavy atom. The van der Waals surface area contributed by atoms with E-state index in [1.165, 1.54) is 0 Å². The molecule has 30 heavy (non-hydrogen) atoms. The number of hydrogen-bond acceptors (Lipinski definition) is 7. The summed E-state index contributed by atoms with van der Waals surface area (Å²) < 4.78 is 17.1. The van der Waals surface area contributed by atoms with E-state index < -0.39 is 0 Å². The molecule has 0 bridgehead atoms. The topological polar surface area (TPSA) is 79.2 Å². The van der Waals surface area contributed by atoms with Gasteiger partial charge in [0.2, 0.25) is 11.8 Å². The van der Waals surface area contributed by atoms with Crippen molar-refractivity contribution < 1.29 is 14.2 Å². The van der Waals surface area contributed by atoms with Crippen molar-refractivity contribution in [2.45, 2.75) is 39.2 Å². The van der Waals surface area contributed by atoms with E-state index in [0.29, 0.717) is 36.0 Å². The van der Waals surface area contributed by atoms with Gasteiger partial charge in [0, 0.05) is 36.0 Å². The summed E-state index contributed by atoms with van der Waals surface area (Å²) in [6.07, 6.45) is 6.39. The molecule has 1 aliphatic carbocycles. The zero-order valence-electron chi connectivity index (χ0n) is 17.7. The van der Waals surface area contributed by atoms with Gasteiger partial charge in [-0.15, -0.1) is 0 Å². The molecule has 0 spiro atoms. The van der Waals surface area contributed by atoms with Crippen LogP contribution < -0.4 is 14.2 Å². The van der Waals surface area contributed by atoms with E-state index >= 15 is 0 Å². The zero-order chi connectivity index (χ0) is 21.1. The van der Waals surface area contributed by atoms with Crippen molar-refractivity contribution in [3.8, 4) is 28.6 Å². The number of rotatable bonds is 8. The molecule has 1 saturated carbocycles. The average molecular weight is 406 g/mol. The lowest BCUT2D eigenvalue weighted by Gasteiger charge is -2.13. The van der Waals surface area contributed by atoms with Gasteiger partial charge in [-0.1, -0.05) is 0 Å². The monoisotopic (exact) mass is 406 g/mol. The molecular formula is C23H26N4O3. The minimum absolute atomic E-state index is 0.0519. The van der Waals surface area contributed by atoms with Gasteiger partial charge in [0.1, 0.15) is 11.6 Å². The molecule has 156 valence electrons. The predicted octanol–water partition coefficient (Wildman–Crippen LogP) is 4.22. The van der Waals surface area contributed by atoms with Crippen LogP contribution in [-0.2, 0) is 0 Å². The number of nitrogens with zero attached hydrogens (tertiary/aromatic N) is 4. The third kappa shape index (κ3) is 4.67. The number of pyridine rings is 2. The van der Waals surface area contributed by atoms with Crippen molar-refractivity contribution in [1.82, 2.24) is 19.9 Å². The maximum absolute atomic E-state index is 6.15. The minimum Gasteiger partial charge on any atom is -0.495 e. The highest BCUT2D eigenvalue weighted by Gasteiger charge is 2.40. The average Bonchev–Trinajstić information content (AvgIpc) is 3.52. The van der Waals surface area contributed by atoms with Crippen molar-refractivity contribution in [2.75, 3.05) is 13.7 Å². The Hall–Kier alpha value is -3.22.